The molecule has 0 saturated heterocycles. The van der Waals surface area contributed by atoms with Crippen LogP contribution >= 0.6 is 15.9 Å². The third kappa shape index (κ3) is 3.41. The number of fused-ring (bicyclic) bond motifs is 1. The van der Waals surface area contributed by atoms with Gasteiger partial charge in [0.2, 0.25) is 0 Å². The van der Waals surface area contributed by atoms with E-state index in [9.17, 15) is 0 Å². The smallest absolute Gasteiger partial charge is 0.193 e. The molecule has 0 spiro atoms. The van der Waals surface area contributed by atoms with Crippen LogP contribution in [0.25, 0.3) is 5.65 Å². The minimum absolute atomic E-state index is 0.374. The maximum absolute atomic E-state index is 5.87. The number of nitrogens with two attached hydrogens (primary N) is 1. The highest BCUT2D eigenvalue weighted by Gasteiger charge is 2.01. The number of pyridine rings is 1. The van der Waals surface area contributed by atoms with E-state index in [-0.39, 0.29) is 0 Å². The van der Waals surface area contributed by atoms with Gasteiger partial charge in [0.05, 0.1) is 12.2 Å². The number of aliphatic imine (C=N–C) groups is 1. The van der Waals surface area contributed by atoms with Crippen molar-refractivity contribution in [1.29, 1.82) is 0 Å². The summed E-state index contributed by atoms with van der Waals surface area (Å²) < 4.78 is 2.96. The molecule has 0 aliphatic heterocycles. The number of aromatic nitrogens is 2. The van der Waals surface area contributed by atoms with Crippen LogP contribution in [0, 0.1) is 0 Å². The summed E-state index contributed by atoms with van der Waals surface area (Å²) in [7, 11) is 0. The predicted molar refractivity (Wildman–Crippen MR) is 88.3 cm³/mol. The van der Waals surface area contributed by atoms with Gasteiger partial charge >= 0.3 is 0 Å². The van der Waals surface area contributed by atoms with E-state index in [2.05, 4.69) is 31.2 Å². The average Bonchev–Trinajstić information content (AvgIpc) is 2.88. The SMILES string of the molecule is NC(=NCc1cn2cc(Br)ccc2n1)Nc1ccccc1. The second-order valence-electron chi connectivity index (χ2n) is 4.54. The van der Waals surface area contributed by atoms with E-state index < -0.39 is 0 Å². The first-order chi connectivity index (χ1) is 10.2. The van der Waals surface area contributed by atoms with Crippen LogP contribution in [0.15, 0.2) is 64.3 Å². The van der Waals surface area contributed by atoms with E-state index >= 15 is 0 Å². The molecule has 0 atom stereocenters. The molecule has 0 saturated carbocycles. The van der Waals surface area contributed by atoms with Gasteiger partial charge in [0.1, 0.15) is 5.65 Å². The minimum atomic E-state index is 0.374. The molecule has 3 N–H and O–H groups in total. The second kappa shape index (κ2) is 5.97. The molecule has 3 aromatic rings. The van der Waals surface area contributed by atoms with E-state index in [1.807, 2.05) is 59.3 Å². The van der Waals surface area contributed by atoms with Crippen molar-refractivity contribution in [3.8, 4) is 0 Å². The number of anilines is 1. The minimum Gasteiger partial charge on any atom is -0.370 e. The second-order valence-corrected chi connectivity index (χ2v) is 5.45. The van der Waals surface area contributed by atoms with Crippen LogP contribution in [0.5, 0.6) is 0 Å². The quantitative estimate of drug-likeness (QED) is 0.567. The molecule has 0 amide bonds. The van der Waals surface area contributed by atoms with Crippen LogP contribution in [0.4, 0.5) is 5.69 Å². The molecule has 2 aromatic heterocycles. The van der Waals surface area contributed by atoms with E-state index in [0.29, 0.717) is 12.5 Å². The van der Waals surface area contributed by atoms with E-state index in [4.69, 9.17) is 5.73 Å². The lowest BCUT2D eigenvalue weighted by Gasteiger charge is -2.04. The normalized spacial score (nSPS) is 11.8. The summed E-state index contributed by atoms with van der Waals surface area (Å²) >= 11 is 3.43. The van der Waals surface area contributed by atoms with Gasteiger partial charge in [-0.05, 0) is 40.2 Å². The monoisotopic (exact) mass is 343 g/mol. The number of para-hydroxylation sites is 1. The van der Waals surface area contributed by atoms with Gasteiger partial charge < -0.3 is 15.5 Å². The summed E-state index contributed by atoms with van der Waals surface area (Å²) in [4.78, 5) is 8.79. The van der Waals surface area contributed by atoms with Gasteiger partial charge in [-0.15, -0.1) is 0 Å². The van der Waals surface area contributed by atoms with Gasteiger partial charge in [-0.1, -0.05) is 18.2 Å². The Morgan fingerprint density at radius 2 is 2.00 bits per heavy atom. The largest absolute Gasteiger partial charge is 0.370 e. The maximum atomic E-state index is 5.87. The first-order valence-electron chi connectivity index (χ1n) is 6.46. The van der Waals surface area contributed by atoms with Crippen LogP contribution in [-0.4, -0.2) is 15.3 Å². The first kappa shape index (κ1) is 13.6. The third-order valence-electron chi connectivity index (χ3n) is 2.92. The molecule has 0 bridgehead atoms. The number of rotatable bonds is 3. The Morgan fingerprint density at radius 1 is 1.19 bits per heavy atom. The van der Waals surface area contributed by atoms with Crippen molar-refractivity contribution in [2.75, 3.05) is 5.32 Å². The molecule has 0 fully saturated rings. The number of hydrogen-bond acceptors (Lipinski definition) is 2. The van der Waals surface area contributed by atoms with Gasteiger partial charge in [-0.3, -0.25) is 0 Å². The van der Waals surface area contributed by atoms with Crippen LogP contribution in [-0.2, 0) is 6.54 Å². The topological polar surface area (TPSA) is 67.7 Å². The lowest BCUT2D eigenvalue weighted by Crippen LogP contribution is -2.22. The molecule has 0 aliphatic carbocycles. The fraction of sp³-hybridized carbons (Fsp3) is 0.0667. The summed E-state index contributed by atoms with van der Waals surface area (Å²) in [6, 6.07) is 13.6. The molecule has 0 radical (unpaired) electrons. The highest BCUT2D eigenvalue weighted by molar-refractivity contribution is 9.10. The Hall–Kier alpha value is -2.34. The predicted octanol–water partition coefficient (Wildman–Crippen LogP) is 3.02. The highest BCUT2D eigenvalue weighted by Crippen LogP contribution is 2.13. The lowest BCUT2D eigenvalue weighted by molar-refractivity contribution is 1.01. The van der Waals surface area contributed by atoms with Gasteiger partial charge in [-0.2, -0.15) is 0 Å². The number of guanidine groups is 1. The van der Waals surface area contributed by atoms with E-state index in [1.54, 1.807) is 0 Å². The molecule has 0 aliphatic rings. The molecule has 3 rings (SSSR count). The molecular weight excluding hydrogens is 330 g/mol. The first-order valence-corrected chi connectivity index (χ1v) is 7.25. The average molecular weight is 344 g/mol. The number of nitrogens with zero attached hydrogens (tertiary/aromatic N) is 3. The summed E-state index contributed by atoms with van der Waals surface area (Å²) in [6.07, 6.45) is 3.90. The van der Waals surface area contributed by atoms with Crippen molar-refractivity contribution in [1.82, 2.24) is 9.38 Å². The van der Waals surface area contributed by atoms with Crippen LogP contribution in [0.3, 0.4) is 0 Å². The van der Waals surface area contributed by atoms with Crippen LogP contribution < -0.4 is 11.1 Å². The van der Waals surface area contributed by atoms with Crippen molar-refractivity contribution in [3.63, 3.8) is 0 Å². The maximum Gasteiger partial charge on any atom is 0.193 e. The molecule has 21 heavy (non-hydrogen) atoms. The van der Waals surface area contributed by atoms with Gasteiger partial charge in [0.25, 0.3) is 0 Å². The number of hydrogen-bond donors (Lipinski definition) is 2. The lowest BCUT2D eigenvalue weighted by atomic mass is 10.3. The van der Waals surface area contributed by atoms with Gasteiger partial charge in [0.15, 0.2) is 5.96 Å². The van der Waals surface area contributed by atoms with E-state index in [0.717, 1.165) is 21.5 Å². The number of imidazole rings is 1. The molecule has 0 unspecified atom stereocenters. The van der Waals surface area contributed by atoms with Crippen molar-refractivity contribution in [2.45, 2.75) is 6.54 Å². The van der Waals surface area contributed by atoms with Crippen LogP contribution in [0.1, 0.15) is 5.69 Å². The van der Waals surface area contributed by atoms with E-state index in [1.165, 1.54) is 0 Å². The van der Waals surface area contributed by atoms with Gasteiger partial charge in [-0.25, -0.2) is 9.98 Å². The zero-order valence-electron chi connectivity index (χ0n) is 11.2. The molecule has 106 valence electrons. The standard InChI is InChI=1S/C15H14BrN5/c16-11-6-7-14-19-13(10-21(14)9-11)8-18-15(17)20-12-4-2-1-3-5-12/h1-7,9-10H,8H2,(H3,17,18,20). The van der Waals surface area contributed by atoms with Crippen molar-refractivity contribution in [3.05, 3.63) is 65.0 Å². The van der Waals surface area contributed by atoms with Crippen molar-refractivity contribution < 1.29 is 0 Å². The highest BCUT2D eigenvalue weighted by atomic mass is 79.9. The Morgan fingerprint density at radius 3 is 2.81 bits per heavy atom. The summed E-state index contributed by atoms with van der Waals surface area (Å²) in [5, 5.41) is 3.04. The third-order valence-corrected chi connectivity index (χ3v) is 3.39. The fourth-order valence-corrected chi connectivity index (χ4v) is 2.32. The fourth-order valence-electron chi connectivity index (χ4n) is 1.97. The Balaban J connectivity index is 1.71. The zero-order valence-corrected chi connectivity index (χ0v) is 12.8. The Kier molecular flexibility index (Phi) is 3.87. The number of halogens is 1. The summed E-state index contributed by atoms with van der Waals surface area (Å²) in [6.45, 7) is 0.435. The van der Waals surface area contributed by atoms with Crippen LogP contribution in [0.2, 0.25) is 0 Å². The van der Waals surface area contributed by atoms with Crippen molar-refractivity contribution in [2.24, 2.45) is 10.7 Å². The summed E-state index contributed by atoms with van der Waals surface area (Å²) in [5.41, 5.74) is 8.54. The molecule has 2 heterocycles. The number of nitrogens with one attached hydrogen (secondary N) is 1. The molecule has 6 heteroatoms. The summed E-state index contributed by atoms with van der Waals surface area (Å²) in [5.74, 6) is 0.374. The number of benzene rings is 1. The Labute approximate surface area is 130 Å². The Bertz CT molecular complexity index is 779. The molecule has 1 aromatic carbocycles. The van der Waals surface area contributed by atoms with Crippen molar-refractivity contribution >= 4 is 33.2 Å². The van der Waals surface area contributed by atoms with Gasteiger partial charge in [0, 0.05) is 22.6 Å². The molecule has 5 nitrogen and oxygen atoms in total. The molecular formula is C15H14BrN5. The zero-order chi connectivity index (χ0) is 14.7.